The molecule has 0 saturated heterocycles. The lowest BCUT2D eigenvalue weighted by Crippen LogP contribution is -2.28. The third-order valence-corrected chi connectivity index (χ3v) is 6.31. The number of halogens is 1. The first-order valence-corrected chi connectivity index (χ1v) is 12.6. The minimum Gasteiger partial charge on any atom is -0.493 e. The average molecular weight is 486 g/mol. The molecule has 0 aliphatic rings. The van der Waals surface area contributed by atoms with Crippen molar-refractivity contribution in [3.05, 3.63) is 76.6 Å². The second kappa shape index (κ2) is 9.30. The lowest BCUT2D eigenvalue weighted by Gasteiger charge is -2.20. The van der Waals surface area contributed by atoms with E-state index in [-0.39, 0.29) is 11.4 Å². The molecule has 1 atom stereocenters. The van der Waals surface area contributed by atoms with E-state index in [9.17, 15) is 17.6 Å². The maximum absolute atomic E-state index is 14.3. The first-order chi connectivity index (χ1) is 16.2. The summed E-state index contributed by atoms with van der Waals surface area (Å²) in [6.07, 6.45) is 2.57. The van der Waals surface area contributed by atoms with Crippen LogP contribution >= 0.6 is 0 Å². The predicted octanol–water partition coefficient (Wildman–Crippen LogP) is 3.57. The summed E-state index contributed by atoms with van der Waals surface area (Å²) in [5, 5.41) is 0. The summed E-state index contributed by atoms with van der Waals surface area (Å²) in [6, 6.07) is 12.0. The van der Waals surface area contributed by atoms with Crippen LogP contribution in [0.2, 0.25) is 0 Å². The van der Waals surface area contributed by atoms with Crippen LogP contribution in [-0.4, -0.2) is 48.7 Å². The minimum absolute atomic E-state index is 0.257. The number of ether oxygens (including phenoxy) is 2. The van der Waals surface area contributed by atoms with Gasteiger partial charge in [0.1, 0.15) is 15.7 Å². The fourth-order valence-corrected chi connectivity index (χ4v) is 4.84. The maximum Gasteiger partial charge on any atom is 0.328 e. The quantitative estimate of drug-likeness (QED) is 0.409. The molecule has 0 aliphatic carbocycles. The number of benzene rings is 2. The summed E-state index contributed by atoms with van der Waals surface area (Å²) in [5.41, 5.74) is 1.46. The molecule has 2 aromatic heterocycles. The lowest BCUT2D eigenvalue weighted by molar-refractivity contribution is 0.310. The molecule has 8 nitrogen and oxygen atoms in total. The third-order valence-electron chi connectivity index (χ3n) is 5.38. The smallest absolute Gasteiger partial charge is 0.328 e. The van der Waals surface area contributed by atoms with E-state index in [0.717, 1.165) is 6.26 Å². The Hall–Kier alpha value is -3.66. The predicted molar refractivity (Wildman–Crippen MR) is 128 cm³/mol. The van der Waals surface area contributed by atoms with Crippen molar-refractivity contribution in [2.75, 3.05) is 25.7 Å². The number of aromatic nitrogens is 3. The van der Waals surface area contributed by atoms with Gasteiger partial charge in [-0.05, 0) is 36.8 Å². The SMILES string of the molecule is CCOc1cc([C@H](CS(C)(=O)=O)n2c(=O)[nH]c3cc(-c4ccccc4F)cnc32)ccc1OC. The van der Waals surface area contributed by atoms with E-state index in [0.29, 0.717) is 40.3 Å². The molecule has 4 rings (SSSR count). The zero-order valence-corrected chi connectivity index (χ0v) is 19.7. The Bertz CT molecular complexity index is 1510. The Morgan fingerprint density at radius 3 is 2.59 bits per heavy atom. The second-order valence-corrected chi connectivity index (χ2v) is 10.0. The number of aromatic amines is 1. The molecule has 1 N–H and O–H groups in total. The van der Waals surface area contributed by atoms with Gasteiger partial charge in [-0.25, -0.2) is 22.6 Å². The first kappa shape index (κ1) is 23.5. The van der Waals surface area contributed by atoms with Gasteiger partial charge >= 0.3 is 5.69 Å². The second-order valence-electron chi connectivity index (χ2n) is 7.83. The molecule has 0 bridgehead atoms. The molecule has 0 spiro atoms. The fraction of sp³-hybridized carbons (Fsp3) is 0.250. The van der Waals surface area contributed by atoms with Gasteiger partial charge in [0.15, 0.2) is 17.1 Å². The van der Waals surface area contributed by atoms with Crippen LogP contribution in [-0.2, 0) is 9.84 Å². The van der Waals surface area contributed by atoms with E-state index in [4.69, 9.17) is 9.47 Å². The van der Waals surface area contributed by atoms with E-state index in [1.165, 1.54) is 23.9 Å². The Balaban J connectivity index is 1.89. The summed E-state index contributed by atoms with van der Waals surface area (Å²) in [6.45, 7) is 2.20. The maximum atomic E-state index is 14.3. The fourth-order valence-electron chi connectivity index (χ4n) is 3.92. The van der Waals surface area contributed by atoms with Gasteiger partial charge in [-0.2, -0.15) is 0 Å². The summed E-state index contributed by atoms with van der Waals surface area (Å²) < 4.78 is 51.2. The van der Waals surface area contributed by atoms with Crippen molar-refractivity contribution in [2.45, 2.75) is 13.0 Å². The summed E-state index contributed by atoms with van der Waals surface area (Å²) in [4.78, 5) is 20.2. The number of methoxy groups -OCH3 is 1. The molecule has 0 fully saturated rings. The van der Waals surface area contributed by atoms with Crippen LogP contribution in [0.5, 0.6) is 11.5 Å². The van der Waals surface area contributed by atoms with E-state index in [1.54, 1.807) is 42.5 Å². The van der Waals surface area contributed by atoms with Crippen LogP contribution in [0.25, 0.3) is 22.3 Å². The number of nitrogens with zero attached hydrogens (tertiary/aromatic N) is 2. The van der Waals surface area contributed by atoms with Crippen molar-refractivity contribution < 1.29 is 22.3 Å². The molecule has 0 amide bonds. The van der Waals surface area contributed by atoms with Crippen LogP contribution in [0.1, 0.15) is 18.5 Å². The molecule has 0 unspecified atom stereocenters. The molecular weight excluding hydrogens is 461 g/mol. The van der Waals surface area contributed by atoms with Gasteiger partial charge in [0, 0.05) is 23.6 Å². The Kier molecular flexibility index (Phi) is 6.43. The first-order valence-electron chi connectivity index (χ1n) is 10.6. The molecule has 34 heavy (non-hydrogen) atoms. The zero-order valence-electron chi connectivity index (χ0n) is 18.9. The van der Waals surface area contributed by atoms with Gasteiger partial charge in [-0.15, -0.1) is 0 Å². The number of pyridine rings is 1. The van der Waals surface area contributed by atoms with Crippen LogP contribution in [0.15, 0.2) is 59.5 Å². The van der Waals surface area contributed by atoms with Crippen LogP contribution in [0.4, 0.5) is 4.39 Å². The highest BCUT2D eigenvalue weighted by molar-refractivity contribution is 7.90. The number of hydrogen-bond acceptors (Lipinski definition) is 6. The Morgan fingerprint density at radius 2 is 1.91 bits per heavy atom. The molecular formula is C24H24FN3O5S. The summed E-state index contributed by atoms with van der Waals surface area (Å²) in [7, 11) is -2.00. The minimum atomic E-state index is -3.50. The summed E-state index contributed by atoms with van der Waals surface area (Å²) >= 11 is 0. The van der Waals surface area contributed by atoms with Crippen molar-refractivity contribution in [1.82, 2.24) is 14.5 Å². The number of H-pyrrole nitrogens is 1. The molecule has 10 heteroatoms. The van der Waals surface area contributed by atoms with Gasteiger partial charge in [0.05, 0.1) is 31.0 Å². The monoisotopic (exact) mass is 485 g/mol. The number of nitrogens with one attached hydrogen (secondary N) is 1. The third kappa shape index (κ3) is 4.67. The molecule has 178 valence electrons. The van der Waals surface area contributed by atoms with Gasteiger partial charge in [0.25, 0.3) is 0 Å². The van der Waals surface area contributed by atoms with Gasteiger partial charge in [0.2, 0.25) is 0 Å². The number of imidazole rings is 1. The highest BCUT2D eigenvalue weighted by Gasteiger charge is 2.26. The molecule has 0 saturated carbocycles. The van der Waals surface area contributed by atoms with Gasteiger partial charge < -0.3 is 14.5 Å². The van der Waals surface area contributed by atoms with Crippen molar-refractivity contribution in [2.24, 2.45) is 0 Å². The number of sulfone groups is 1. The number of rotatable bonds is 8. The standard InChI is InChI=1S/C24H24FN3O5S/c1-4-33-22-12-15(9-10-21(22)32-2)20(14-34(3,30)31)28-23-19(27-24(28)29)11-16(13-26-23)17-7-5-6-8-18(17)25/h5-13,20H,4,14H2,1-3H3,(H,27,29)/t20-/m0/s1. The molecule has 4 aromatic rings. The average Bonchev–Trinajstić information content (AvgIpc) is 3.12. The largest absolute Gasteiger partial charge is 0.493 e. The van der Waals surface area contributed by atoms with Crippen molar-refractivity contribution in [1.29, 1.82) is 0 Å². The Morgan fingerprint density at radius 1 is 1.15 bits per heavy atom. The molecule has 0 aliphatic heterocycles. The van der Waals surface area contributed by atoms with Crippen LogP contribution in [0.3, 0.4) is 0 Å². The van der Waals surface area contributed by atoms with E-state index in [1.807, 2.05) is 6.92 Å². The normalized spacial score (nSPS) is 12.6. The summed E-state index contributed by atoms with van der Waals surface area (Å²) in [5.74, 6) is 0.169. The highest BCUT2D eigenvalue weighted by atomic mass is 32.2. The van der Waals surface area contributed by atoms with Crippen molar-refractivity contribution >= 4 is 21.0 Å². The molecule has 2 heterocycles. The van der Waals surface area contributed by atoms with E-state index >= 15 is 0 Å². The van der Waals surface area contributed by atoms with Crippen molar-refractivity contribution in [3.8, 4) is 22.6 Å². The van der Waals surface area contributed by atoms with E-state index < -0.39 is 27.4 Å². The van der Waals surface area contributed by atoms with Crippen LogP contribution in [0, 0.1) is 5.82 Å². The van der Waals surface area contributed by atoms with E-state index in [2.05, 4.69) is 9.97 Å². The molecule has 2 aromatic carbocycles. The van der Waals surface area contributed by atoms with Crippen molar-refractivity contribution in [3.63, 3.8) is 0 Å². The Labute approximate surface area is 195 Å². The molecule has 0 radical (unpaired) electrons. The number of hydrogen-bond donors (Lipinski definition) is 1. The zero-order chi connectivity index (χ0) is 24.5. The topological polar surface area (TPSA) is 103 Å². The van der Waals surface area contributed by atoms with Gasteiger partial charge in [-0.3, -0.25) is 4.57 Å². The lowest BCUT2D eigenvalue weighted by atomic mass is 10.1. The number of fused-ring (bicyclic) bond motifs is 1. The van der Waals surface area contributed by atoms with Gasteiger partial charge in [-0.1, -0.05) is 24.3 Å². The van der Waals surface area contributed by atoms with Crippen LogP contribution < -0.4 is 15.2 Å². The highest BCUT2D eigenvalue weighted by Crippen LogP contribution is 2.33.